The number of aromatic hydroxyl groups is 1. The van der Waals surface area contributed by atoms with Crippen molar-refractivity contribution in [3.8, 4) is 5.75 Å². The van der Waals surface area contributed by atoms with Crippen molar-refractivity contribution in [3.63, 3.8) is 0 Å². The monoisotopic (exact) mass is 306 g/mol. The molecule has 110 valence electrons. The molecule has 1 fully saturated rings. The van der Waals surface area contributed by atoms with Gasteiger partial charge in [-0.25, -0.2) is 0 Å². The predicted molar refractivity (Wildman–Crippen MR) is 77.1 cm³/mol. The van der Waals surface area contributed by atoms with E-state index >= 15 is 0 Å². The number of aromatic nitrogens is 1. The van der Waals surface area contributed by atoms with Gasteiger partial charge in [-0.2, -0.15) is 0 Å². The number of nitrogens with one attached hydrogen (secondary N) is 1. The van der Waals surface area contributed by atoms with E-state index in [0.29, 0.717) is 12.5 Å². The van der Waals surface area contributed by atoms with Crippen LogP contribution in [0.1, 0.15) is 35.8 Å². The molecule has 5 nitrogen and oxygen atoms in total. The molecule has 1 aliphatic carbocycles. The number of halogens is 1. The molecule has 6 heteroatoms. The number of hydrogen-bond acceptors (Lipinski definition) is 4. The summed E-state index contributed by atoms with van der Waals surface area (Å²) in [6.07, 6.45) is 2.51. The minimum Gasteiger partial charge on any atom is -0.506 e. The highest BCUT2D eigenvalue weighted by Crippen LogP contribution is 2.40. The van der Waals surface area contributed by atoms with Crippen molar-refractivity contribution in [2.24, 2.45) is 0 Å². The maximum absolute atomic E-state index is 11.9. The molecular formula is C15H15ClN2O3. The van der Waals surface area contributed by atoms with Gasteiger partial charge in [0, 0.05) is 12.0 Å². The van der Waals surface area contributed by atoms with Crippen molar-refractivity contribution in [2.75, 3.05) is 0 Å². The second kappa shape index (κ2) is 5.77. The van der Waals surface area contributed by atoms with Crippen LogP contribution in [0.5, 0.6) is 5.75 Å². The lowest BCUT2D eigenvalue weighted by atomic mass is 10.1. The quantitative estimate of drug-likeness (QED) is 0.890. The number of nitrogens with zero attached hydrogens (tertiary/aromatic N) is 1. The fraction of sp³-hybridized carbons (Fsp3) is 0.333. The van der Waals surface area contributed by atoms with E-state index in [1.165, 1.54) is 6.07 Å². The summed E-state index contributed by atoms with van der Waals surface area (Å²) in [6, 6.07) is 6.62. The molecule has 3 rings (SSSR count). The summed E-state index contributed by atoms with van der Waals surface area (Å²) in [5.41, 5.74) is 1.48. The first-order valence-corrected chi connectivity index (χ1v) is 7.19. The van der Waals surface area contributed by atoms with Crippen molar-refractivity contribution in [2.45, 2.75) is 31.7 Å². The number of phenols is 1. The molecule has 1 aliphatic rings. The Morgan fingerprint density at radius 1 is 1.43 bits per heavy atom. The molecule has 1 heterocycles. The van der Waals surface area contributed by atoms with E-state index in [9.17, 15) is 9.90 Å². The van der Waals surface area contributed by atoms with E-state index in [4.69, 9.17) is 16.1 Å². The van der Waals surface area contributed by atoms with Gasteiger partial charge in [-0.15, -0.1) is 0 Å². The van der Waals surface area contributed by atoms with E-state index in [0.717, 1.165) is 29.9 Å². The van der Waals surface area contributed by atoms with Crippen molar-refractivity contribution in [3.05, 3.63) is 46.3 Å². The van der Waals surface area contributed by atoms with Crippen LogP contribution < -0.4 is 5.32 Å². The van der Waals surface area contributed by atoms with E-state index in [-0.39, 0.29) is 23.1 Å². The molecule has 1 saturated carbocycles. The molecule has 1 amide bonds. The number of rotatable bonds is 5. The Labute approximate surface area is 126 Å². The third kappa shape index (κ3) is 3.55. The normalized spacial score (nSPS) is 14.1. The van der Waals surface area contributed by atoms with Crippen LogP contribution in [0.3, 0.4) is 0 Å². The molecule has 0 unspecified atom stereocenters. The lowest BCUT2D eigenvalue weighted by Crippen LogP contribution is -2.24. The van der Waals surface area contributed by atoms with Crippen LogP contribution in [0.4, 0.5) is 0 Å². The Morgan fingerprint density at radius 3 is 2.95 bits per heavy atom. The molecule has 0 radical (unpaired) electrons. The van der Waals surface area contributed by atoms with Gasteiger partial charge >= 0.3 is 0 Å². The third-order valence-electron chi connectivity index (χ3n) is 3.40. The van der Waals surface area contributed by atoms with Gasteiger partial charge < -0.3 is 14.9 Å². The number of phenolic OH excluding ortho intramolecular Hbond substituents is 1. The molecule has 2 aromatic rings. The number of carbonyl (C=O) groups is 1. The highest BCUT2D eigenvalue weighted by Gasteiger charge is 2.27. The Kier molecular flexibility index (Phi) is 3.84. The summed E-state index contributed by atoms with van der Waals surface area (Å²) in [5.74, 6) is 1.30. The van der Waals surface area contributed by atoms with Crippen LogP contribution in [0.15, 0.2) is 28.8 Å². The van der Waals surface area contributed by atoms with Gasteiger partial charge in [0.1, 0.15) is 17.2 Å². The van der Waals surface area contributed by atoms with Crippen molar-refractivity contribution < 1.29 is 14.4 Å². The number of amides is 1. The average molecular weight is 307 g/mol. The van der Waals surface area contributed by atoms with Crippen LogP contribution in [0.25, 0.3) is 0 Å². The summed E-state index contributed by atoms with van der Waals surface area (Å²) in [6.45, 7) is 0.348. The van der Waals surface area contributed by atoms with Crippen LogP contribution in [0.2, 0.25) is 5.02 Å². The van der Waals surface area contributed by atoms with E-state index < -0.39 is 0 Å². The van der Waals surface area contributed by atoms with Gasteiger partial charge in [-0.1, -0.05) is 22.8 Å². The van der Waals surface area contributed by atoms with Crippen LogP contribution >= 0.6 is 11.6 Å². The molecule has 0 saturated heterocycles. The van der Waals surface area contributed by atoms with Crippen molar-refractivity contribution >= 4 is 17.5 Å². The van der Waals surface area contributed by atoms with Gasteiger partial charge in [0.05, 0.1) is 18.0 Å². The highest BCUT2D eigenvalue weighted by atomic mass is 35.5. The molecule has 0 atom stereocenters. The minimum absolute atomic E-state index is 0.0102. The largest absolute Gasteiger partial charge is 0.506 e. The maximum atomic E-state index is 11.9. The van der Waals surface area contributed by atoms with Crippen LogP contribution in [-0.2, 0) is 17.8 Å². The molecule has 0 bridgehead atoms. The number of benzene rings is 1. The summed E-state index contributed by atoms with van der Waals surface area (Å²) < 4.78 is 5.22. The molecular weight excluding hydrogens is 292 g/mol. The third-order valence-corrected chi connectivity index (χ3v) is 3.70. The summed E-state index contributed by atoms with van der Waals surface area (Å²) >= 11 is 5.80. The SMILES string of the molecule is O=C(Cc1ccc(O)c(Cl)c1)NCc1cc(C2CC2)on1. The Bertz CT molecular complexity index is 665. The average Bonchev–Trinajstić information content (AvgIpc) is 3.20. The van der Waals surface area contributed by atoms with Gasteiger partial charge in [-0.05, 0) is 30.5 Å². The van der Waals surface area contributed by atoms with Crippen molar-refractivity contribution in [1.82, 2.24) is 10.5 Å². The lowest BCUT2D eigenvalue weighted by molar-refractivity contribution is -0.120. The second-order valence-electron chi connectivity index (χ2n) is 5.23. The minimum atomic E-state index is -0.132. The zero-order valence-corrected chi connectivity index (χ0v) is 12.1. The molecule has 0 aliphatic heterocycles. The van der Waals surface area contributed by atoms with Gasteiger partial charge in [0.25, 0.3) is 0 Å². The maximum Gasteiger partial charge on any atom is 0.224 e. The lowest BCUT2D eigenvalue weighted by Gasteiger charge is -2.04. The molecule has 2 N–H and O–H groups in total. The molecule has 0 spiro atoms. The van der Waals surface area contributed by atoms with Crippen LogP contribution in [-0.4, -0.2) is 16.2 Å². The predicted octanol–water partition coefficient (Wildman–Crippen LogP) is 2.77. The highest BCUT2D eigenvalue weighted by molar-refractivity contribution is 6.32. The Balaban J connectivity index is 1.52. The first-order chi connectivity index (χ1) is 10.1. The molecule has 1 aromatic carbocycles. The zero-order valence-electron chi connectivity index (χ0n) is 11.3. The fourth-order valence-corrected chi connectivity index (χ4v) is 2.27. The van der Waals surface area contributed by atoms with E-state index in [1.54, 1.807) is 12.1 Å². The van der Waals surface area contributed by atoms with E-state index in [2.05, 4.69) is 10.5 Å². The zero-order chi connectivity index (χ0) is 14.8. The van der Waals surface area contributed by atoms with Crippen LogP contribution in [0, 0.1) is 0 Å². The van der Waals surface area contributed by atoms with Gasteiger partial charge in [0.15, 0.2) is 0 Å². The number of hydrogen-bond donors (Lipinski definition) is 2. The Hall–Kier alpha value is -2.01. The second-order valence-corrected chi connectivity index (χ2v) is 5.64. The standard InChI is InChI=1S/C15H15ClN2O3/c16-12-5-9(1-4-13(12)19)6-15(20)17-8-11-7-14(21-18-11)10-2-3-10/h1,4-5,7,10,19H,2-3,6,8H2,(H,17,20). The summed E-state index contributed by atoms with van der Waals surface area (Å²) in [7, 11) is 0. The fourth-order valence-electron chi connectivity index (χ4n) is 2.07. The number of carbonyl (C=O) groups excluding carboxylic acids is 1. The first-order valence-electron chi connectivity index (χ1n) is 6.81. The summed E-state index contributed by atoms with van der Waals surface area (Å²) in [5, 5.41) is 16.3. The van der Waals surface area contributed by atoms with Gasteiger partial charge in [0.2, 0.25) is 5.91 Å². The molecule has 1 aromatic heterocycles. The Morgan fingerprint density at radius 2 is 2.24 bits per heavy atom. The first kappa shape index (κ1) is 13.9. The smallest absolute Gasteiger partial charge is 0.224 e. The topological polar surface area (TPSA) is 75.4 Å². The molecule has 21 heavy (non-hydrogen) atoms. The summed E-state index contributed by atoms with van der Waals surface area (Å²) in [4.78, 5) is 11.9. The van der Waals surface area contributed by atoms with E-state index in [1.807, 2.05) is 6.07 Å². The van der Waals surface area contributed by atoms with Gasteiger partial charge in [-0.3, -0.25) is 4.79 Å². The van der Waals surface area contributed by atoms with Crippen molar-refractivity contribution in [1.29, 1.82) is 0 Å².